The fourth-order valence-electron chi connectivity index (χ4n) is 2.31. The van der Waals surface area contributed by atoms with Gasteiger partial charge in [0, 0.05) is 32.8 Å². The smallest absolute Gasteiger partial charge is 0.359 e. The zero-order valence-electron chi connectivity index (χ0n) is 11.1. The van der Waals surface area contributed by atoms with Crippen molar-refractivity contribution in [2.24, 2.45) is 5.92 Å². The third-order valence-corrected chi connectivity index (χ3v) is 3.44. The molecular weight excluding hydrogens is 271 g/mol. The minimum atomic E-state index is -4.36. The highest BCUT2D eigenvalue weighted by Gasteiger charge is 2.31. The topological polar surface area (TPSA) is 45.2 Å². The van der Waals surface area contributed by atoms with E-state index in [9.17, 15) is 18.0 Å². The molecule has 1 aromatic heterocycles. The molecule has 0 spiro atoms. The number of nitrogens with zero attached hydrogens (tertiary/aromatic N) is 2. The number of alkyl halides is 3. The highest BCUT2D eigenvalue weighted by atomic mass is 19.4. The third kappa shape index (κ3) is 3.40. The molecule has 1 aromatic rings. The van der Waals surface area contributed by atoms with Gasteiger partial charge in [-0.25, -0.2) is 4.98 Å². The van der Waals surface area contributed by atoms with Gasteiger partial charge in [-0.3, -0.25) is 4.79 Å². The number of hydrogen-bond donors (Lipinski definition) is 1. The van der Waals surface area contributed by atoms with E-state index >= 15 is 0 Å². The lowest BCUT2D eigenvalue weighted by molar-refractivity contribution is -0.137. The van der Waals surface area contributed by atoms with Crippen molar-refractivity contribution in [3.05, 3.63) is 23.9 Å². The maximum atomic E-state index is 12.4. The molecule has 0 aliphatic carbocycles. The van der Waals surface area contributed by atoms with Crippen LogP contribution in [0.15, 0.2) is 18.3 Å². The van der Waals surface area contributed by atoms with E-state index in [-0.39, 0.29) is 11.8 Å². The molecule has 20 heavy (non-hydrogen) atoms. The lowest BCUT2D eigenvalue weighted by Gasteiger charge is -2.18. The van der Waals surface area contributed by atoms with Crippen LogP contribution in [0.1, 0.15) is 18.4 Å². The Morgan fingerprint density at radius 3 is 2.80 bits per heavy atom. The molecule has 1 aliphatic heterocycles. The fourth-order valence-corrected chi connectivity index (χ4v) is 2.31. The first-order chi connectivity index (χ1) is 9.40. The lowest BCUT2D eigenvalue weighted by atomic mass is 10.1. The maximum Gasteiger partial charge on any atom is 0.417 e. The van der Waals surface area contributed by atoms with Gasteiger partial charge in [0.05, 0.1) is 5.56 Å². The monoisotopic (exact) mass is 287 g/mol. The summed E-state index contributed by atoms with van der Waals surface area (Å²) in [6, 6.07) is 2.42. The number of pyridine rings is 1. The van der Waals surface area contributed by atoms with Gasteiger partial charge < -0.3 is 10.2 Å². The van der Waals surface area contributed by atoms with E-state index in [0.717, 1.165) is 18.7 Å². The average molecular weight is 287 g/mol. The van der Waals surface area contributed by atoms with Gasteiger partial charge in [-0.05, 0) is 24.5 Å². The summed E-state index contributed by atoms with van der Waals surface area (Å²) in [5.74, 6) is 0.730. The number of anilines is 1. The first-order valence-corrected chi connectivity index (χ1v) is 6.39. The summed E-state index contributed by atoms with van der Waals surface area (Å²) in [6.45, 7) is 1.35. The van der Waals surface area contributed by atoms with E-state index in [2.05, 4.69) is 10.3 Å². The van der Waals surface area contributed by atoms with Gasteiger partial charge in [-0.2, -0.15) is 13.2 Å². The molecule has 0 radical (unpaired) electrons. The molecule has 4 nitrogen and oxygen atoms in total. The van der Waals surface area contributed by atoms with Gasteiger partial charge in [0.25, 0.3) is 0 Å². The minimum Gasteiger partial charge on any atom is -0.359 e. The molecule has 0 unspecified atom stereocenters. The third-order valence-electron chi connectivity index (χ3n) is 3.44. The summed E-state index contributed by atoms with van der Waals surface area (Å²) in [7, 11) is 1.59. The number of aromatic nitrogens is 1. The van der Waals surface area contributed by atoms with Gasteiger partial charge in [0.2, 0.25) is 5.91 Å². The number of rotatable bonds is 3. The SMILES string of the molecule is CNC(=O)C[C@@H]1CCN(c2ccc(C(F)(F)F)cn2)C1. The zero-order chi connectivity index (χ0) is 14.8. The van der Waals surface area contributed by atoms with Crippen LogP contribution in [0.5, 0.6) is 0 Å². The van der Waals surface area contributed by atoms with Crippen molar-refractivity contribution < 1.29 is 18.0 Å². The van der Waals surface area contributed by atoms with Crippen molar-refractivity contribution in [2.45, 2.75) is 19.0 Å². The second kappa shape index (κ2) is 5.68. The average Bonchev–Trinajstić information content (AvgIpc) is 2.86. The molecule has 1 saturated heterocycles. The molecule has 110 valence electrons. The molecule has 1 N–H and O–H groups in total. The molecule has 0 aromatic carbocycles. The van der Waals surface area contributed by atoms with Crippen molar-refractivity contribution in [3.8, 4) is 0 Å². The Morgan fingerprint density at radius 1 is 1.50 bits per heavy atom. The first-order valence-electron chi connectivity index (χ1n) is 6.39. The quantitative estimate of drug-likeness (QED) is 0.925. The summed E-state index contributed by atoms with van der Waals surface area (Å²) < 4.78 is 37.3. The largest absolute Gasteiger partial charge is 0.417 e. The minimum absolute atomic E-state index is 0.0165. The fraction of sp³-hybridized carbons (Fsp3) is 0.538. The number of carbonyl (C=O) groups is 1. The van der Waals surface area contributed by atoms with Crippen molar-refractivity contribution in [1.82, 2.24) is 10.3 Å². The standard InChI is InChI=1S/C13H16F3N3O/c1-17-12(20)6-9-4-5-19(8-9)11-3-2-10(7-18-11)13(14,15)16/h2-3,7,9H,4-6,8H2,1H3,(H,17,20)/t9-/m0/s1. The van der Waals surface area contributed by atoms with Crippen molar-refractivity contribution in [3.63, 3.8) is 0 Å². The molecule has 1 amide bonds. The van der Waals surface area contributed by atoms with Crippen LogP contribution in [0.2, 0.25) is 0 Å². The number of amides is 1. The van der Waals surface area contributed by atoms with Gasteiger partial charge in [-0.15, -0.1) is 0 Å². The second-order valence-electron chi connectivity index (χ2n) is 4.88. The van der Waals surface area contributed by atoms with Crippen LogP contribution in [-0.2, 0) is 11.0 Å². The van der Waals surface area contributed by atoms with Crippen molar-refractivity contribution in [1.29, 1.82) is 0 Å². The Hall–Kier alpha value is -1.79. The van der Waals surface area contributed by atoms with E-state index in [1.54, 1.807) is 7.05 Å². The number of carbonyl (C=O) groups excluding carboxylic acids is 1. The molecule has 1 atom stereocenters. The predicted octanol–water partition coefficient (Wildman–Crippen LogP) is 2.06. The molecule has 0 saturated carbocycles. The summed E-state index contributed by atoms with van der Waals surface area (Å²) in [5, 5.41) is 2.57. The second-order valence-corrected chi connectivity index (χ2v) is 4.88. The Morgan fingerprint density at radius 2 is 2.25 bits per heavy atom. The van der Waals surface area contributed by atoms with Crippen LogP contribution in [-0.4, -0.2) is 31.0 Å². The van der Waals surface area contributed by atoms with E-state index in [1.807, 2.05) is 4.90 Å². The van der Waals surface area contributed by atoms with Crippen molar-refractivity contribution >= 4 is 11.7 Å². The molecule has 1 fully saturated rings. The van der Waals surface area contributed by atoms with Gasteiger partial charge >= 0.3 is 6.18 Å². The first kappa shape index (κ1) is 14.6. The normalized spacial score (nSPS) is 19.2. The number of halogens is 3. The van der Waals surface area contributed by atoms with Crippen LogP contribution in [0, 0.1) is 5.92 Å². The molecule has 2 heterocycles. The van der Waals surface area contributed by atoms with Crippen LogP contribution in [0.4, 0.5) is 19.0 Å². The van der Waals surface area contributed by atoms with Crippen LogP contribution in [0.3, 0.4) is 0 Å². The number of hydrogen-bond acceptors (Lipinski definition) is 3. The Balaban J connectivity index is 1.98. The summed E-state index contributed by atoms with van der Waals surface area (Å²) in [4.78, 5) is 17.1. The van der Waals surface area contributed by atoms with Crippen LogP contribution < -0.4 is 10.2 Å². The molecule has 1 aliphatic rings. The van der Waals surface area contributed by atoms with Gasteiger partial charge in [0.1, 0.15) is 5.82 Å². The van der Waals surface area contributed by atoms with Gasteiger partial charge in [0.15, 0.2) is 0 Å². The predicted molar refractivity (Wildman–Crippen MR) is 68.2 cm³/mol. The highest BCUT2D eigenvalue weighted by Crippen LogP contribution is 2.30. The molecule has 2 rings (SSSR count). The Kier molecular flexibility index (Phi) is 4.15. The Labute approximate surface area is 115 Å². The summed E-state index contributed by atoms with van der Waals surface area (Å²) in [5.41, 5.74) is -0.748. The van der Waals surface area contributed by atoms with Crippen molar-refractivity contribution in [2.75, 3.05) is 25.0 Å². The van der Waals surface area contributed by atoms with E-state index < -0.39 is 11.7 Å². The van der Waals surface area contributed by atoms with E-state index in [0.29, 0.717) is 25.3 Å². The molecule has 0 bridgehead atoms. The number of nitrogens with one attached hydrogen (secondary N) is 1. The van der Waals surface area contributed by atoms with Gasteiger partial charge in [-0.1, -0.05) is 0 Å². The summed E-state index contributed by atoms with van der Waals surface area (Å²) >= 11 is 0. The summed E-state index contributed by atoms with van der Waals surface area (Å²) in [6.07, 6.45) is -2.23. The maximum absolute atomic E-state index is 12.4. The van der Waals surface area contributed by atoms with Crippen LogP contribution >= 0.6 is 0 Å². The van der Waals surface area contributed by atoms with E-state index in [4.69, 9.17) is 0 Å². The molecular formula is C13H16F3N3O. The Bertz CT molecular complexity index is 473. The van der Waals surface area contributed by atoms with E-state index in [1.165, 1.54) is 6.07 Å². The highest BCUT2D eigenvalue weighted by molar-refractivity contribution is 5.75. The van der Waals surface area contributed by atoms with Crippen LogP contribution in [0.25, 0.3) is 0 Å². The zero-order valence-corrected chi connectivity index (χ0v) is 11.1. The lowest BCUT2D eigenvalue weighted by Crippen LogP contribution is -2.24. The molecule has 7 heteroatoms.